The lowest BCUT2D eigenvalue weighted by molar-refractivity contribution is -0.117. The third-order valence-electron chi connectivity index (χ3n) is 4.52. The summed E-state index contributed by atoms with van der Waals surface area (Å²) in [6.45, 7) is 4.52. The molecule has 112 valence electrons. The molecule has 6 heteroatoms. The first-order valence-corrected chi connectivity index (χ1v) is 6.99. The van der Waals surface area contributed by atoms with Gasteiger partial charge in [0, 0.05) is 37.8 Å². The zero-order chi connectivity index (χ0) is 15.2. The molecule has 0 radical (unpaired) electrons. The second kappa shape index (κ2) is 4.72. The van der Waals surface area contributed by atoms with Crippen LogP contribution >= 0.6 is 0 Å². The number of nitrogens with one attached hydrogen (secondary N) is 1. The summed E-state index contributed by atoms with van der Waals surface area (Å²) in [5.41, 5.74) is 0.330. The molecule has 1 spiro atoms. The van der Waals surface area contributed by atoms with Gasteiger partial charge < -0.3 is 14.8 Å². The molecule has 1 aromatic heterocycles. The Bertz CT molecular complexity index is 618. The van der Waals surface area contributed by atoms with Crippen LogP contribution in [0.25, 0.3) is 0 Å². The molecule has 2 heterocycles. The number of amides is 2. The van der Waals surface area contributed by atoms with Crippen LogP contribution in [-0.4, -0.2) is 40.4 Å². The lowest BCUT2D eigenvalue weighted by Crippen LogP contribution is -2.41. The number of carbonyl (C=O) groups excluding carboxylic acids is 2. The number of likely N-dealkylation sites (tertiary alicyclic amines) is 1. The standard InChI is InChI=1S/C15H18FN3O2/c1-3-13(20)17-12-8-19(9-15(12)4-5-15)14(21)11-6-10(16)7-18(11)2/h3,6-7,12H,1,4-5,8-9H2,2H3,(H,17,20). The van der Waals surface area contributed by atoms with Gasteiger partial charge >= 0.3 is 0 Å². The first kappa shape index (κ1) is 13.9. The molecule has 2 amide bonds. The molecule has 1 atom stereocenters. The second-order valence-electron chi connectivity index (χ2n) is 5.97. The lowest BCUT2D eigenvalue weighted by Gasteiger charge is -2.17. The second-order valence-corrected chi connectivity index (χ2v) is 5.97. The maximum atomic E-state index is 13.2. The van der Waals surface area contributed by atoms with Gasteiger partial charge in [-0.15, -0.1) is 0 Å². The van der Waals surface area contributed by atoms with E-state index in [0.29, 0.717) is 18.8 Å². The van der Waals surface area contributed by atoms with E-state index in [1.807, 2.05) is 0 Å². The zero-order valence-corrected chi connectivity index (χ0v) is 11.9. The third kappa shape index (κ3) is 2.34. The third-order valence-corrected chi connectivity index (χ3v) is 4.52. The minimum atomic E-state index is -0.419. The molecule has 2 aliphatic rings. The van der Waals surface area contributed by atoms with Crippen LogP contribution in [0, 0.1) is 11.2 Å². The molecule has 1 aliphatic carbocycles. The van der Waals surface area contributed by atoms with Gasteiger partial charge in [0.05, 0.1) is 6.04 Å². The number of aryl methyl sites for hydroxylation is 1. The molecule has 0 aromatic carbocycles. The summed E-state index contributed by atoms with van der Waals surface area (Å²) in [6, 6.07) is 1.20. The number of halogens is 1. The van der Waals surface area contributed by atoms with Crippen LogP contribution in [0.2, 0.25) is 0 Å². The highest BCUT2D eigenvalue weighted by molar-refractivity contribution is 5.93. The Hall–Kier alpha value is -2.11. The summed E-state index contributed by atoms with van der Waals surface area (Å²) >= 11 is 0. The molecule has 1 saturated heterocycles. The molecular formula is C15H18FN3O2. The van der Waals surface area contributed by atoms with E-state index in [2.05, 4.69) is 11.9 Å². The fraction of sp³-hybridized carbons (Fsp3) is 0.467. The molecule has 0 bridgehead atoms. The quantitative estimate of drug-likeness (QED) is 0.847. The van der Waals surface area contributed by atoms with Gasteiger partial charge in [0.25, 0.3) is 5.91 Å². The topological polar surface area (TPSA) is 54.3 Å². The SMILES string of the molecule is C=CC(=O)NC1CN(C(=O)c2cc(F)cn2C)CC12CC2. The van der Waals surface area contributed by atoms with Crippen LogP contribution in [0.15, 0.2) is 24.9 Å². The number of hydrogen-bond donors (Lipinski definition) is 1. The largest absolute Gasteiger partial charge is 0.347 e. The van der Waals surface area contributed by atoms with Crippen molar-refractivity contribution in [2.75, 3.05) is 13.1 Å². The van der Waals surface area contributed by atoms with Crippen LogP contribution in [0.3, 0.4) is 0 Å². The smallest absolute Gasteiger partial charge is 0.270 e. The predicted molar refractivity (Wildman–Crippen MR) is 75.1 cm³/mol. The highest BCUT2D eigenvalue weighted by Crippen LogP contribution is 2.53. The van der Waals surface area contributed by atoms with Gasteiger partial charge in [-0.05, 0) is 18.9 Å². The van der Waals surface area contributed by atoms with Gasteiger partial charge in [-0.1, -0.05) is 6.58 Å². The van der Waals surface area contributed by atoms with E-state index in [-0.39, 0.29) is 23.3 Å². The number of aromatic nitrogens is 1. The highest BCUT2D eigenvalue weighted by atomic mass is 19.1. The Kier molecular flexibility index (Phi) is 3.11. The average molecular weight is 291 g/mol. The summed E-state index contributed by atoms with van der Waals surface area (Å²) in [7, 11) is 1.65. The molecular weight excluding hydrogens is 273 g/mol. The normalized spacial score (nSPS) is 22.4. The van der Waals surface area contributed by atoms with Crippen LogP contribution in [0.5, 0.6) is 0 Å². The van der Waals surface area contributed by atoms with Crippen molar-refractivity contribution in [3.63, 3.8) is 0 Å². The predicted octanol–water partition coefficient (Wildman–Crippen LogP) is 1.07. The van der Waals surface area contributed by atoms with Crippen molar-refractivity contribution in [2.24, 2.45) is 12.5 Å². The summed E-state index contributed by atoms with van der Waals surface area (Å²) in [6.07, 6.45) is 4.53. The minimum Gasteiger partial charge on any atom is -0.347 e. The van der Waals surface area contributed by atoms with Crippen LogP contribution in [0.4, 0.5) is 4.39 Å². The van der Waals surface area contributed by atoms with E-state index in [1.54, 1.807) is 11.9 Å². The van der Waals surface area contributed by atoms with E-state index in [9.17, 15) is 14.0 Å². The molecule has 1 aliphatic heterocycles. The number of hydrogen-bond acceptors (Lipinski definition) is 2. The average Bonchev–Trinajstić information content (AvgIpc) is 3.02. The van der Waals surface area contributed by atoms with E-state index in [4.69, 9.17) is 0 Å². The summed E-state index contributed by atoms with van der Waals surface area (Å²) in [5.74, 6) is -0.828. The van der Waals surface area contributed by atoms with Crippen molar-refractivity contribution in [1.82, 2.24) is 14.8 Å². The van der Waals surface area contributed by atoms with E-state index in [0.717, 1.165) is 12.8 Å². The Morgan fingerprint density at radius 3 is 2.76 bits per heavy atom. The Morgan fingerprint density at radius 2 is 2.24 bits per heavy atom. The monoisotopic (exact) mass is 291 g/mol. The van der Waals surface area contributed by atoms with Gasteiger partial charge in [0.15, 0.2) is 0 Å². The van der Waals surface area contributed by atoms with Crippen molar-refractivity contribution in [1.29, 1.82) is 0 Å². The van der Waals surface area contributed by atoms with Gasteiger partial charge in [-0.2, -0.15) is 0 Å². The zero-order valence-electron chi connectivity index (χ0n) is 11.9. The number of rotatable bonds is 3. The Morgan fingerprint density at radius 1 is 1.52 bits per heavy atom. The first-order valence-electron chi connectivity index (χ1n) is 6.99. The number of carbonyl (C=O) groups is 2. The van der Waals surface area contributed by atoms with Crippen molar-refractivity contribution in [2.45, 2.75) is 18.9 Å². The van der Waals surface area contributed by atoms with Gasteiger partial charge in [-0.3, -0.25) is 9.59 Å². The molecule has 5 nitrogen and oxygen atoms in total. The summed E-state index contributed by atoms with van der Waals surface area (Å²) in [4.78, 5) is 25.7. The number of nitrogens with zero attached hydrogens (tertiary/aromatic N) is 2. The maximum absolute atomic E-state index is 13.2. The molecule has 1 N–H and O–H groups in total. The molecule has 1 saturated carbocycles. The first-order chi connectivity index (χ1) is 9.95. The van der Waals surface area contributed by atoms with Gasteiger partial charge in [-0.25, -0.2) is 4.39 Å². The molecule has 3 rings (SSSR count). The molecule has 21 heavy (non-hydrogen) atoms. The Labute approximate surface area is 122 Å². The van der Waals surface area contributed by atoms with Crippen LogP contribution in [0.1, 0.15) is 23.3 Å². The van der Waals surface area contributed by atoms with Crippen molar-refractivity contribution < 1.29 is 14.0 Å². The van der Waals surface area contributed by atoms with E-state index in [1.165, 1.54) is 22.9 Å². The fourth-order valence-electron chi connectivity index (χ4n) is 3.12. The molecule has 1 unspecified atom stereocenters. The lowest BCUT2D eigenvalue weighted by atomic mass is 10.0. The van der Waals surface area contributed by atoms with Crippen LogP contribution < -0.4 is 5.32 Å². The fourth-order valence-corrected chi connectivity index (χ4v) is 3.12. The van der Waals surface area contributed by atoms with E-state index < -0.39 is 5.82 Å². The molecule has 2 fully saturated rings. The molecule has 1 aromatic rings. The summed E-state index contributed by atoms with van der Waals surface area (Å²) < 4.78 is 14.7. The highest BCUT2D eigenvalue weighted by Gasteiger charge is 2.56. The van der Waals surface area contributed by atoms with Crippen molar-refractivity contribution in [3.05, 3.63) is 36.4 Å². The minimum absolute atomic E-state index is 0.00195. The van der Waals surface area contributed by atoms with Crippen LogP contribution in [-0.2, 0) is 11.8 Å². The van der Waals surface area contributed by atoms with E-state index >= 15 is 0 Å². The Balaban J connectivity index is 1.76. The van der Waals surface area contributed by atoms with Gasteiger partial charge in [0.1, 0.15) is 11.5 Å². The van der Waals surface area contributed by atoms with Crippen molar-refractivity contribution in [3.8, 4) is 0 Å². The summed E-state index contributed by atoms with van der Waals surface area (Å²) in [5, 5.41) is 2.91. The van der Waals surface area contributed by atoms with Gasteiger partial charge in [0.2, 0.25) is 5.91 Å². The maximum Gasteiger partial charge on any atom is 0.270 e. The van der Waals surface area contributed by atoms with Crippen molar-refractivity contribution >= 4 is 11.8 Å².